The fourth-order valence-electron chi connectivity index (χ4n) is 7.97. The van der Waals surface area contributed by atoms with Crippen molar-refractivity contribution in [2.45, 2.75) is 243 Å². The average Bonchev–Trinajstić information content (AvgIpc) is 3.38. The molecule has 1 aliphatic rings. The lowest BCUT2D eigenvalue weighted by Gasteiger charge is -2.40. The topological polar surface area (TPSA) is 149 Å². The Hall–Kier alpha value is -3.67. The molecule has 0 aliphatic carbocycles. The zero-order valence-electron chi connectivity index (χ0n) is 45.1. The third-order valence-corrected chi connectivity index (χ3v) is 12.4. The van der Waals surface area contributed by atoms with E-state index in [1.165, 1.54) is 64.2 Å². The van der Waals surface area contributed by atoms with Gasteiger partial charge >= 0.3 is 0 Å². The van der Waals surface area contributed by atoms with E-state index in [-0.39, 0.29) is 12.5 Å². The lowest BCUT2D eigenvalue weighted by Crippen LogP contribution is -2.60. The normalized spacial score (nSPS) is 20.2. The minimum atomic E-state index is -1.58. The summed E-state index contributed by atoms with van der Waals surface area (Å²) in [4.78, 5) is 13.0. The van der Waals surface area contributed by atoms with Crippen LogP contribution in [0.3, 0.4) is 0 Å². The molecule has 9 heteroatoms. The van der Waals surface area contributed by atoms with E-state index in [2.05, 4.69) is 141 Å². The summed E-state index contributed by atoms with van der Waals surface area (Å²) >= 11 is 0. The first-order chi connectivity index (χ1) is 35.3. The van der Waals surface area contributed by atoms with Gasteiger partial charge in [-0.3, -0.25) is 4.79 Å². The van der Waals surface area contributed by atoms with Gasteiger partial charge in [0.05, 0.1) is 25.4 Å². The number of rotatable bonds is 46. The molecule has 0 radical (unpaired) electrons. The highest BCUT2D eigenvalue weighted by Crippen LogP contribution is 2.22. The SMILES string of the molecule is CC/C=C\C/C=C\C/C=C\C/C=C\C/C=C\C/C=C\C/C=C\C/C=C\CCCCCCCCCCC(=O)NC(COC1OC(CO)C(O)C(O)C1O)C(O)/C=C/CC/C=C/CC/C=C/CCCCCCCC. The van der Waals surface area contributed by atoms with Crippen molar-refractivity contribution in [1.82, 2.24) is 5.32 Å². The number of hydrogen-bond donors (Lipinski definition) is 6. The van der Waals surface area contributed by atoms with Crippen LogP contribution in [0.4, 0.5) is 0 Å². The molecule has 0 spiro atoms. The van der Waals surface area contributed by atoms with Crippen molar-refractivity contribution in [3.05, 3.63) is 134 Å². The van der Waals surface area contributed by atoms with Crippen molar-refractivity contribution in [3.8, 4) is 0 Å². The Bertz CT molecular complexity index is 1580. The number of aliphatic hydroxyl groups excluding tert-OH is 5. The maximum atomic E-state index is 13.0. The van der Waals surface area contributed by atoms with Gasteiger partial charge in [0.25, 0.3) is 0 Å². The standard InChI is InChI=1S/C63H103NO8/c1-3-5-7-9-11-13-15-17-19-21-22-23-24-25-26-27-28-29-30-31-32-33-34-35-36-37-39-41-43-45-47-49-51-53-59(67)64-56(55-71-63-62(70)61(69)60(68)58(54-65)72-63)57(66)52-50-48-46-44-42-40-38-20-18-16-14-12-10-8-6-4-2/h5,7,11,13,17-20,22-23,25-26,28-29,31-32,34-35,42,44,50,52,56-58,60-63,65-66,68-70H,3-4,6,8-10,12,14-16,21,24,27,30,33,36-41,43,45-49,51,53-55H2,1-2H3,(H,64,67)/b7-5-,13-11-,19-17-,20-18+,23-22-,26-25-,29-28-,32-31-,35-34-,44-42+,52-50+. The van der Waals surface area contributed by atoms with Crippen LogP contribution in [-0.2, 0) is 14.3 Å². The molecule has 1 rings (SSSR count). The number of carbonyl (C=O) groups excluding carboxylic acids is 1. The third kappa shape index (κ3) is 39.8. The van der Waals surface area contributed by atoms with E-state index >= 15 is 0 Å². The van der Waals surface area contributed by atoms with Gasteiger partial charge in [0.15, 0.2) is 6.29 Å². The Morgan fingerprint density at radius 1 is 0.486 bits per heavy atom. The molecule has 1 amide bonds. The summed E-state index contributed by atoms with van der Waals surface area (Å²) in [6.07, 6.45) is 70.8. The quantitative estimate of drug-likeness (QED) is 0.0261. The van der Waals surface area contributed by atoms with Crippen LogP contribution in [0.2, 0.25) is 0 Å². The smallest absolute Gasteiger partial charge is 0.220 e. The minimum absolute atomic E-state index is 0.206. The molecular formula is C63H103NO8. The zero-order valence-corrected chi connectivity index (χ0v) is 45.1. The predicted octanol–water partition coefficient (Wildman–Crippen LogP) is 14.1. The fraction of sp³-hybridized carbons (Fsp3) is 0.635. The molecule has 7 unspecified atom stereocenters. The lowest BCUT2D eigenvalue weighted by molar-refractivity contribution is -0.302. The van der Waals surface area contributed by atoms with Crippen LogP contribution in [0.5, 0.6) is 0 Å². The van der Waals surface area contributed by atoms with E-state index in [0.717, 1.165) is 116 Å². The summed E-state index contributed by atoms with van der Waals surface area (Å²) in [6.45, 7) is 3.61. The van der Waals surface area contributed by atoms with Crippen LogP contribution in [0, 0.1) is 0 Å². The van der Waals surface area contributed by atoms with Gasteiger partial charge in [-0.1, -0.05) is 218 Å². The molecule has 1 saturated heterocycles. The van der Waals surface area contributed by atoms with Crippen LogP contribution in [0.25, 0.3) is 0 Å². The maximum absolute atomic E-state index is 13.0. The summed E-state index contributed by atoms with van der Waals surface area (Å²) in [7, 11) is 0. The molecule has 0 saturated carbocycles. The second-order valence-corrected chi connectivity index (χ2v) is 19.0. The molecule has 7 atom stereocenters. The molecular weight excluding hydrogens is 899 g/mol. The van der Waals surface area contributed by atoms with E-state index in [4.69, 9.17) is 9.47 Å². The van der Waals surface area contributed by atoms with Gasteiger partial charge in [-0.15, -0.1) is 0 Å². The van der Waals surface area contributed by atoms with Crippen LogP contribution in [0.15, 0.2) is 134 Å². The largest absolute Gasteiger partial charge is 0.394 e. The molecule has 1 aliphatic heterocycles. The number of hydrogen-bond acceptors (Lipinski definition) is 8. The fourth-order valence-corrected chi connectivity index (χ4v) is 7.97. The van der Waals surface area contributed by atoms with Crippen molar-refractivity contribution in [3.63, 3.8) is 0 Å². The molecule has 0 aromatic heterocycles. The molecule has 1 heterocycles. The van der Waals surface area contributed by atoms with Crippen molar-refractivity contribution in [2.24, 2.45) is 0 Å². The highest BCUT2D eigenvalue weighted by molar-refractivity contribution is 5.76. The average molecular weight is 1000 g/mol. The van der Waals surface area contributed by atoms with Crippen LogP contribution >= 0.6 is 0 Å². The van der Waals surface area contributed by atoms with Gasteiger partial charge in [0, 0.05) is 6.42 Å². The third-order valence-electron chi connectivity index (χ3n) is 12.4. The lowest BCUT2D eigenvalue weighted by atomic mass is 9.99. The van der Waals surface area contributed by atoms with Gasteiger partial charge in [0.1, 0.15) is 24.4 Å². The molecule has 72 heavy (non-hydrogen) atoms. The van der Waals surface area contributed by atoms with E-state index in [9.17, 15) is 30.3 Å². The van der Waals surface area contributed by atoms with Crippen molar-refractivity contribution >= 4 is 5.91 Å². The molecule has 1 fully saturated rings. The first kappa shape index (κ1) is 66.3. The Kier molecular flexibility index (Phi) is 46.9. The molecule has 408 valence electrons. The summed E-state index contributed by atoms with van der Waals surface area (Å²) in [6, 6.07) is -0.842. The van der Waals surface area contributed by atoms with Crippen molar-refractivity contribution < 1.29 is 39.8 Å². The highest BCUT2D eigenvalue weighted by atomic mass is 16.7. The number of carbonyl (C=O) groups is 1. The maximum Gasteiger partial charge on any atom is 0.220 e. The van der Waals surface area contributed by atoms with Gasteiger partial charge in [-0.2, -0.15) is 0 Å². The molecule has 6 N–H and O–H groups in total. The molecule has 0 aromatic carbocycles. The van der Waals surface area contributed by atoms with E-state index < -0.39 is 49.5 Å². The Balaban J connectivity index is 2.25. The summed E-state index contributed by atoms with van der Waals surface area (Å²) in [5.41, 5.74) is 0. The zero-order chi connectivity index (χ0) is 52.2. The first-order valence-electron chi connectivity index (χ1n) is 28.4. The van der Waals surface area contributed by atoms with E-state index in [0.29, 0.717) is 6.42 Å². The van der Waals surface area contributed by atoms with E-state index in [1.54, 1.807) is 6.08 Å². The van der Waals surface area contributed by atoms with Crippen LogP contribution in [-0.4, -0.2) is 87.5 Å². The molecule has 0 aromatic rings. The minimum Gasteiger partial charge on any atom is -0.394 e. The number of ether oxygens (including phenoxy) is 2. The van der Waals surface area contributed by atoms with Gasteiger partial charge in [0.2, 0.25) is 5.91 Å². The number of nitrogens with one attached hydrogen (secondary N) is 1. The second kappa shape index (κ2) is 50.8. The van der Waals surface area contributed by atoms with E-state index in [1.807, 2.05) is 6.08 Å². The number of aliphatic hydroxyl groups is 5. The first-order valence-corrected chi connectivity index (χ1v) is 28.4. The summed E-state index contributed by atoms with van der Waals surface area (Å²) in [5.74, 6) is -0.206. The van der Waals surface area contributed by atoms with Gasteiger partial charge in [-0.05, 0) is 109 Å². The Morgan fingerprint density at radius 2 is 0.875 bits per heavy atom. The number of unbranched alkanes of at least 4 members (excludes halogenated alkanes) is 16. The van der Waals surface area contributed by atoms with Gasteiger partial charge in [-0.25, -0.2) is 0 Å². The Morgan fingerprint density at radius 3 is 1.33 bits per heavy atom. The predicted molar refractivity (Wildman–Crippen MR) is 303 cm³/mol. The Labute approximate surface area is 439 Å². The number of allylic oxidation sites excluding steroid dienone is 21. The molecule has 9 nitrogen and oxygen atoms in total. The van der Waals surface area contributed by atoms with Gasteiger partial charge < -0.3 is 40.3 Å². The second-order valence-electron chi connectivity index (χ2n) is 19.0. The summed E-state index contributed by atoms with van der Waals surface area (Å²) < 4.78 is 11.2. The van der Waals surface area contributed by atoms with Crippen LogP contribution in [0.1, 0.15) is 200 Å². The highest BCUT2D eigenvalue weighted by Gasteiger charge is 2.44. The summed E-state index contributed by atoms with van der Waals surface area (Å²) in [5, 5.41) is 54.4. The number of amides is 1. The van der Waals surface area contributed by atoms with Crippen molar-refractivity contribution in [1.29, 1.82) is 0 Å². The van der Waals surface area contributed by atoms with Crippen LogP contribution < -0.4 is 5.32 Å². The van der Waals surface area contributed by atoms with Crippen molar-refractivity contribution in [2.75, 3.05) is 13.2 Å². The molecule has 0 bridgehead atoms. The monoisotopic (exact) mass is 1000 g/mol.